The number of thioether (sulfide) groups is 1. The zero-order valence-corrected chi connectivity index (χ0v) is 15.9. The highest BCUT2D eigenvalue weighted by Gasteiger charge is 2.12. The zero-order chi connectivity index (χ0) is 19.9. The van der Waals surface area contributed by atoms with E-state index in [0.717, 1.165) is 23.0 Å². The maximum Gasteiger partial charge on any atom is 0.257 e. The maximum absolute atomic E-state index is 13.2. The molecule has 144 valence electrons. The number of anilines is 1. The number of carbonyl (C=O) groups excluding carboxylic acids is 2. The Labute approximate surface area is 167 Å². The van der Waals surface area contributed by atoms with Crippen LogP contribution in [-0.2, 0) is 11.3 Å². The molecule has 10 heteroatoms. The summed E-state index contributed by atoms with van der Waals surface area (Å²) in [6.07, 6.45) is 0. The van der Waals surface area contributed by atoms with Gasteiger partial charge in [0.15, 0.2) is 4.34 Å². The summed E-state index contributed by atoms with van der Waals surface area (Å²) in [5, 5.41) is 13.3. The lowest BCUT2D eigenvalue weighted by atomic mass is 10.2. The van der Waals surface area contributed by atoms with Gasteiger partial charge in [-0.1, -0.05) is 41.3 Å². The summed E-state index contributed by atoms with van der Waals surface area (Å²) in [7, 11) is 0. The summed E-state index contributed by atoms with van der Waals surface area (Å²) < 4.78 is 26.5. The number of amides is 2. The van der Waals surface area contributed by atoms with Gasteiger partial charge in [0.25, 0.3) is 5.91 Å². The molecule has 1 heterocycles. The van der Waals surface area contributed by atoms with Gasteiger partial charge in [-0.25, -0.2) is 8.78 Å². The highest BCUT2D eigenvalue weighted by Crippen LogP contribution is 2.25. The molecule has 0 unspecified atom stereocenters. The Morgan fingerprint density at radius 1 is 1.04 bits per heavy atom. The highest BCUT2D eigenvalue weighted by molar-refractivity contribution is 8.01. The van der Waals surface area contributed by atoms with Gasteiger partial charge in [0, 0.05) is 12.1 Å². The van der Waals surface area contributed by atoms with E-state index in [1.54, 1.807) is 12.1 Å². The molecule has 0 aliphatic carbocycles. The second kappa shape index (κ2) is 9.38. The monoisotopic (exact) mass is 420 g/mol. The van der Waals surface area contributed by atoms with Gasteiger partial charge in [0.2, 0.25) is 11.0 Å². The fourth-order valence-corrected chi connectivity index (χ4v) is 3.68. The summed E-state index contributed by atoms with van der Waals surface area (Å²) in [4.78, 5) is 24.0. The molecule has 3 rings (SSSR count). The zero-order valence-electron chi connectivity index (χ0n) is 14.3. The molecule has 2 aromatic carbocycles. The molecule has 0 fully saturated rings. The van der Waals surface area contributed by atoms with Crippen LogP contribution in [0, 0.1) is 11.6 Å². The van der Waals surface area contributed by atoms with E-state index in [1.807, 2.05) is 0 Å². The van der Waals surface area contributed by atoms with Crippen LogP contribution in [0.1, 0.15) is 15.9 Å². The van der Waals surface area contributed by atoms with Crippen molar-refractivity contribution in [2.24, 2.45) is 0 Å². The molecule has 6 nitrogen and oxygen atoms in total. The molecule has 0 saturated heterocycles. The first kappa shape index (κ1) is 19.9. The molecular formula is C18H14F2N4O2S2. The Bertz CT molecular complexity index is 980. The van der Waals surface area contributed by atoms with Gasteiger partial charge in [-0.3, -0.25) is 14.9 Å². The average Bonchev–Trinajstić information content (AvgIpc) is 3.13. The van der Waals surface area contributed by atoms with Crippen molar-refractivity contribution in [1.82, 2.24) is 15.5 Å². The molecule has 1 aromatic heterocycles. The smallest absolute Gasteiger partial charge is 0.257 e. The van der Waals surface area contributed by atoms with Crippen LogP contribution in [0.25, 0.3) is 0 Å². The number of halogens is 2. The third-order valence-electron chi connectivity index (χ3n) is 3.44. The van der Waals surface area contributed by atoms with Gasteiger partial charge < -0.3 is 5.32 Å². The Morgan fingerprint density at radius 2 is 1.82 bits per heavy atom. The molecule has 0 aliphatic rings. The summed E-state index contributed by atoms with van der Waals surface area (Å²) >= 11 is 2.29. The van der Waals surface area contributed by atoms with Crippen molar-refractivity contribution in [1.29, 1.82) is 0 Å². The molecule has 0 radical (unpaired) electrons. The molecule has 0 saturated carbocycles. The van der Waals surface area contributed by atoms with Crippen molar-refractivity contribution < 1.29 is 18.4 Å². The Hall–Kier alpha value is -2.85. The predicted octanol–water partition coefficient (Wildman–Crippen LogP) is 3.48. The van der Waals surface area contributed by atoms with Crippen LogP contribution in [-0.4, -0.2) is 27.8 Å². The average molecular weight is 420 g/mol. The molecule has 2 amide bonds. The normalized spacial score (nSPS) is 10.5. The Balaban J connectivity index is 1.45. The van der Waals surface area contributed by atoms with E-state index >= 15 is 0 Å². The lowest BCUT2D eigenvalue weighted by Crippen LogP contribution is -2.24. The maximum atomic E-state index is 13.2. The van der Waals surface area contributed by atoms with Gasteiger partial charge in [-0.05, 0) is 35.9 Å². The lowest BCUT2D eigenvalue weighted by Gasteiger charge is -2.04. The van der Waals surface area contributed by atoms with E-state index in [-0.39, 0.29) is 28.2 Å². The second-order valence-corrected chi connectivity index (χ2v) is 7.73. The van der Waals surface area contributed by atoms with Gasteiger partial charge in [0.1, 0.15) is 11.6 Å². The third-order valence-corrected chi connectivity index (χ3v) is 5.42. The number of carbonyl (C=O) groups is 2. The molecule has 0 aliphatic heterocycles. The summed E-state index contributed by atoms with van der Waals surface area (Å²) in [6, 6.07) is 11.2. The highest BCUT2D eigenvalue weighted by atomic mass is 32.2. The first-order valence-corrected chi connectivity index (χ1v) is 9.84. The third kappa shape index (κ3) is 5.83. The fourth-order valence-electron chi connectivity index (χ4n) is 2.10. The minimum atomic E-state index is -0.507. The van der Waals surface area contributed by atoms with E-state index in [0.29, 0.717) is 10.9 Å². The minimum absolute atomic E-state index is 0.119. The predicted molar refractivity (Wildman–Crippen MR) is 103 cm³/mol. The standard InChI is InChI=1S/C18H14F2N4O2S2/c19-13-6-4-11(5-7-13)9-21-15(25)10-27-18-24-23-17(28-18)22-16(26)12-2-1-3-14(20)8-12/h1-8H,9-10H2,(H,21,25)(H,22,23,26). The Morgan fingerprint density at radius 3 is 2.57 bits per heavy atom. The molecule has 28 heavy (non-hydrogen) atoms. The number of nitrogens with zero attached hydrogens (tertiary/aromatic N) is 2. The SMILES string of the molecule is O=C(CSc1nnc(NC(=O)c2cccc(F)c2)s1)NCc1ccc(F)cc1. The van der Waals surface area contributed by atoms with Crippen molar-refractivity contribution in [3.63, 3.8) is 0 Å². The van der Waals surface area contributed by atoms with Crippen LogP contribution in [0.2, 0.25) is 0 Å². The molecule has 3 aromatic rings. The largest absolute Gasteiger partial charge is 0.351 e. The van der Waals surface area contributed by atoms with Crippen LogP contribution >= 0.6 is 23.1 Å². The number of hydrogen-bond donors (Lipinski definition) is 2. The van der Waals surface area contributed by atoms with Crippen LogP contribution in [0.4, 0.5) is 13.9 Å². The molecular weight excluding hydrogens is 406 g/mol. The fraction of sp³-hybridized carbons (Fsp3) is 0.111. The van der Waals surface area contributed by atoms with E-state index < -0.39 is 11.7 Å². The topological polar surface area (TPSA) is 84.0 Å². The van der Waals surface area contributed by atoms with Crippen molar-refractivity contribution in [2.75, 3.05) is 11.1 Å². The number of aromatic nitrogens is 2. The molecule has 0 spiro atoms. The number of hydrogen-bond acceptors (Lipinski definition) is 6. The minimum Gasteiger partial charge on any atom is -0.351 e. The van der Waals surface area contributed by atoms with Crippen LogP contribution < -0.4 is 10.6 Å². The summed E-state index contributed by atoms with van der Waals surface area (Å²) in [5.74, 6) is -1.43. The van der Waals surface area contributed by atoms with Crippen molar-refractivity contribution >= 4 is 40.0 Å². The van der Waals surface area contributed by atoms with Gasteiger partial charge in [0.05, 0.1) is 5.75 Å². The summed E-state index contributed by atoms with van der Waals surface area (Å²) in [6.45, 7) is 0.296. The van der Waals surface area contributed by atoms with Crippen molar-refractivity contribution in [3.8, 4) is 0 Å². The molecule has 2 N–H and O–H groups in total. The van der Waals surface area contributed by atoms with E-state index in [4.69, 9.17) is 0 Å². The van der Waals surface area contributed by atoms with Crippen LogP contribution in [0.5, 0.6) is 0 Å². The van der Waals surface area contributed by atoms with Crippen LogP contribution in [0.15, 0.2) is 52.9 Å². The lowest BCUT2D eigenvalue weighted by molar-refractivity contribution is -0.118. The van der Waals surface area contributed by atoms with E-state index in [1.165, 1.54) is 42.1 Å². The van der Waals surface area contributed by atoms with Gasteiger partial charge >= 0.3 is 0 Å². The number of rotatable bonds is 7. The Kier molecular flexibility index (Phi) is 6.66. The van der Waals surface area contributed by atoms with E-state index in [9.17, 15) is 18.4 Å². The first-order valence-electron chi connectivity index (χ1n) is 8.04. The second-order valence-electron chi connectivity index (χ2n) is 5.53. The van der Waals surface area contributed by atoms with Gasteiger partial charge in [-0.15, -0.1) is 10.2 Å². The molecule has 0 bridgehead atoms. The first-order chi connectivity index (χ1) is 13.5. The van der Waals surface area contributed by atoms with Crippen molar-refractivity contribution in [3.05, 3.63) is 71.3 Å². The van der Waals surface area contributed by atoms with Crippen LogP contribution in [0.3, 0.4) is 0 Å². The molecule has 0 atom stereocenters. The number of benzene rings is 2. The quantitative estimate of drug-likeness (QED) is 0.452. The van der Waals surface area contributed by atoms with E-state index in [2.05, 4.69) is 20.8 Å². The number of nitrogens with one attached hydrogen (secondary N) is 2. The summed E-state index contributed by atoms with van der Waals surface area (Å²) in [5.41, 5.74) is 0.961. The van der Waals surface area contributed by atoms with Gasteiger partial charge in [-0.2, -0.15) is 0 Å². The van der Waals surface area contributed by atoms with Crippen molar-refractivity contribution in [2.45, 2.75) is 10.9 Å².